The number of nitrogens with zero attached hydrogens (tertiary/aromatic N) is 2. The number of halogens is 4. The Morgan fingerprint density at radius 1 is 0.895 bits per heavy atom. The van der Waals surface area contributed by atoms with Gasteiger partial charge in [0, 0.05) is 6.54 Å². The molecule has 7 heteroatoms. The molecule has 0 atom stereocenters. The van der Waals surface area contributed by atoms with Crippen molar-refractivity contribution < 1.29 is 21.7 Å². The van der Waals surface area contributed by atoms with E-state index >= 15 is 0 Å². The van der Waals surface area contributed by atoms with E-state index in [1.54, 1.807) is 0 Å². The molecule has 0 radical (unpaired) electrons. The molecule has 0 saturated carbocycles. The maximum Gasteiger partial charge on any atom is 0.673 e. The molecule has 0 N–H and O–H groups in total. The van der Waals surface area contributed by atoms with Crippen LogP contribution in [0.5, 0.6) is 0 Å². The Balaban J connectivity index is 0. The molecule has 2 nitrogen and oxygen atoms in total. The number of unbranched alkanes of at least 4 members (excludes halogenated alkanes) is 3. The maximum atomic E-state index is 9.75. The Bertz CT molecular complexity index is 202. The molecule has 0 aromatic rings. The first kappa shape index (κ1) is 21.0. The fourth-order valence-electron chi connectivity index (χ4n) is 1.55. The van der Waals surface area contributed by atoms with Crippen molar-refractivity contribution in [3.8, 4) is 0 Å². The fourth-order valence-corrected chi connectivity index (χ4v) is 1.55. The van der Waals surface area contributed by atoms with E-state index in [-0.39, 0.29) is 0 Å². The monoisotopic (exact) mass is 288 g/mol. The summed E-state index contributed by atoms with van der Waals surface area (Å²) >= 11 is 0. The molecular weight excluding hydrogens is 259 g/mol. The second kappa shape index (κ2) is 10.5. The lowest BCUT2D eigenvalue weighted by atomic mass is 10.2. The maximum absolute atomic E-state index is 9.75. The molecule has 0 fully saturated rings. The van der Waals surface area contributed by atoms with Gasteiger partial charge in [-0.25, -0.2) is 0 Å². The Morgan fingerprint density at radius 2 is 1.37 bits per heavy atom. The standard InChI is InChI=1S/C12H29N2.BF4/c1-6-7-8-9-11-14(4,5)12-10-13(2)3;2-1(3,4)5/h6-12H2,1-5H3;/q+1;-1. The average Bonchev–Trinajstić information content (AvgIpc) is 2.20. The van der Waals surface area contributed by atoms with E-state index in [1.165, 1.54) is 49.8 Å². The zero-order chi connectivity index (χ0) is 15.5. The first-order valence-corrected chi connectivity index (χ1v) is 6.82. The van der Waals surface area contributed by atoms with Gasteiger partial charge in [0.15, 0.2) is 0 Å². The van der Waals surface area contributed by atoms with Gasteiger partial charge in [0.2, 0.25) is 0 Å². The molecule has 118 valence electrons. The van der Waals surface area contributed by atoms with Crippen LogP contribution < -0.4 is 0 Å². The van der Waals surface area contributed by atoms with Crippen LogP contribution in [-0.2, 0) is 0 Å². The van der Waals surface area contributed by atoms with Crippen LogP contribution in [0.3, 0.4) is 0 Å². The van der Waals surface area contributed by atoms with E-state index in [2.05, 4.69) is 40.0 Å². The Kier molecular flexibility index (Phi) is 11.6. The van der Waals surface area contributed by atoms with E-state index in [9.17, 15) is 17.3 Å². The van der Waals surface area contributed by atoms with Crippen molar-refractivity contribution in [1.29, 1.82) is 0 Å². The molecule has 0 spiro atoms. The largest absolute Gasteiger partial charge is 0.673 e. The van der Waals surface area contributed by atoms with Crippen molar-refractivity contribution in [3.05, 3.63) is 0 Å². The van der Waals surface area contributed by atoms with Crippen molar-refractivity contribution >= 4 is 7.25 Å². The molecule has 0 aliphatic rings. The SMILES string of the molecule is CCCCCC[N+](C)(C)CCN(C)C.F[B-](F)(F)F. The highest BCUT2D eigenvalue weighted by molar-refractivity contribution is 6.50. The van der Waals surface area contributed by atoms with Crippen LogP contribution >= 0.6 is 0 Å². The van der Waals surface area contributed by atoms with E-state index in [4.69, 9.17) is 0 Å². The molecule has 0 amide bonds. The summed E-state index contributed by atoms with van der Waals surface area (Å²) in [6.07, 6.45) is 5.52. The van der Waals surface area contributed by atoms with Gasteiger partial charge in [-0.05, 0) is 26.9 Å². The van der Waals surface area contributed by atoms with Gasteiger partial charge in [0.25, 0.3) is 0 Å². The lowest BCUT2D eigenvalue weighted by Crippen LogP contribution is -2.44. The van der Waals surface area contributed by atoms with Gasteiger partial charge in [-0.1, -0.05) is 19.8 Å². The van der Waals surface area contributed by atoms with Crippen LogP contribution in [0.2, 0.25) is 0 Å². The number of rotatable bonds is 8. The number of hydrogen-bond donors (Lipinski definition) is 0. The lowest BCUT2D eigenvalue weighted by molar-refractivity contribution is -0.890. The molecule has 0 aliphatic carbocycles. The van der Waals surface area contributed by atoms with E-state index in [0.717, 1.165) is 0 Å². The Morgan fingerprint density at radius 3 is 1.74 bits per heavy atom. The van der Waals surface area contributed by atoms with Gasteiger partial charge in [0.05, 0.1) is 27.2 Å². The molecule has 0 unspecified atom stereocenters. The third kappa shape index (κ3) is 27.1. The minimum atomic E-state index is -6.00. The Labute approximate surface area is 115 Å². The summed E-state index contributed by atoms with van der Waals surface area (Å²) in [6.45, 7) is 6.06. The summed E-state index contributed by atoms with van der Waals surface area (Å²) < 4.78 is 40.2. The molecule has 0 heterocycles. The molecule has 0 aromatic carbocycles. The molecule has 0 aliphatic heterocycles. The zero-order valence-electron chi connectivity index (χ0n) is 12.9. The second-order valence-electron chi connectivity index (χ2n) is 5.74. The van der Waals surface area contributed by atoms with Crippen LogP contribution in [0.4, 0.5) is 17.3 Å². The number of hydrogen-bond acceptors (Lipinski definition) is 1. The third-order valence-electron chi connectivity index (χ3n) is 2.77. The van der Waals surface area contributed by atoms with E-state index < -0.39 is 7.25 Å². The summed E-state index contributed by atoms with van der Waals surface area (Å²) in [5.41, 5.74) is 0. The Hall–Kier alpha value is -0.295. The highest BCUT2D eigenvalue weighted by Gasteiger charge is 2.20. The van der Waals surface area contributed by atoms with Gasteiger partial charge in [-0.15, -0.1) is 0 Å². The van der Waals surface area contributed by atoms with Gasteiger partial charge in [-0.2, -0.15) is 0 Å². The normalized spacial score (nSPS) is 12.3. The van der Waals surface area contributed by atoms with Crippen molar-refractivity contribution in [1.82, 2.24) is 4.90 Å². The first-order chi connectivity index (χ1) is 8.48. The quantitative estimate of drug-likeness (QED) is 0.286. The summed E-state index contributed by atoms with van der Waals surface area (Å²) in [5, 5.41) is 0. The van der Waals surface area contributed by atoms with Crippen LogP contribution in [0.25, 0.3) is 0 Å². The summed E-state index contributed by atoms with van der Waals surface area (Å²) in [4.78, 5) is 2.27. The number of likely N-dealkylation sites (N-methyl/N-ethyl adjacent to an activating group) is 2. The molecule has 19 heavy (non-hydrogen) atoms. The molecule has 0 bridgehead atoms. The summed E-state index contributed by atoms with van der Waals surface area (Å²) in [6, 6.07) is 0. The van der Waals surface area contributed by atoms with Gasteiger partial charge in [0.1, 0.15) is 0 Å². The highest BCUT2D eigenvalue weighted by Crippen LogP contribution is 2.06. The molecular formula is C12H29BF4N2. The van der Waals surface area contributed by atoms with Gasteiger partial charge < -0.3 is 26.6 Å². The van der Waals surface area contributed by atoms with Crippen LogP contribution in [0.1, 0.15) is 32.6 Å². The van der Waals surface area contributed by atoms with E-state index in [0.29, 0.717) is 0 Å². The van der Waals surface area contributed by atoms with Crippen molar-refractivity contribution in [3.63, 3.8) is 0 Å². The summed E-state index contributed by atoms with van der Waals surface area (Å²) in [5.74, 6) is 0. The van der Waals surface area contributed by atoms with Crippen LogP contribution in [-0.4, -0.2) is 64.5 Å². The highest BCUT2D eigenvalue weighted by atomic mass is 19.5. The average molecular weight is 288 g/mol. The minimum Gasteiger partial charge on any atom is -0.418 e. The molecule has 0 saturated heterocycles. The van der Waals surface area contributed by atoms with Crippen molar-refractivity contribution in [2.75, 3.05) is 47.8 Å². The van der Waals surface area contributed by atoms with Crippen LogP contribution in [0, 0.1) is 0 Å². The first-order valence-electron chi connectivity index (χ1n) is 6.82. The lowest BCUT2D eigenvalue weighted by Gasteiger charge is -2.31. The topological polar surface area (TPSA) is 3.24 Å². The smallest absolute Gasteiger partial charge is 0.418 e. The van der Waals surface area contributed by atoms with Crippen molar-refractivity contribution in [2.24, 2.45) is 0 Å². The van der Waals surface area contributed by atoms with Crippen molar-refractivity contribution in [2.45, 2.75) is 32.6 Å². The van der Waals surface area contributed by atoms with Gasteiger partial charge in [-0.3, -0.25) is 0 Å². The third-order valence-corrected chi connectivity index (χ3v) is 2.77. The predicted molar refractivity (Wildman–Crippen MR) is 74.7 cm³/mol. The van der Waals surface area contributed by atoms with E-state index in [1.807, 2.05) is 0 Å². The zero-order valence-corrected chi connectivity index (χ0v) is 12.9. The molecule has 0 aromatic heterocycles. The van der Waals surface area contributed by atoms with Gasteiger partial charge >= 0.3 is 7.25 Å². The number of quaternary nitrogens is 1. The van der Waals surface area contributed by atoms with Crippen LogP contribution in [0.15, 0.2) is 0 Å². The minimum absolute atomic E-state index is 1.17. The molecule has 0 rings (SSSR count). The fraction of sp³-hybridized carbons (Fsp3) is 1.00. The predicted octanol–water partition coefficient (Wildman–Crippen LogP) is 3.50. The summed E-state index contributed by atoms with van der Waals surface area (Å²) in [7, 11) is 2.99. The second-order valence-corrected chi connectivity index (χ2v) is 5.74.